The summed E-state index contributed by atoms with van der Waals surface area (Å²) in [5, 5.41) is 6.97. The molecule has 3 amide bonds. The summed E-state index contributed by atoms with van der Waals surface area (Å²) in [6.45, 7) is 2.48. The number of aromatic nitrogens is 2. The van der Waals surface area contributed by atoms with Gasteiger partial charge in [0.15, 0.2) is 5.82 Å². The van der Waals surface area contributed by atoms with Crippen molar-refractivity contribution in [2.75, 3.05) is 32.2 Å². The minimum absolute atomic E-state index is 0.0841. The van der Waals surface area contributed by atoms with Crippen LogP contribution < -0.4 is 5.32 Å². The Morgan fingerprint density at radius 2 is 1.77 bits per heavy atom. The van der Waals surface area contributed by atoms with E-state index in [2.05, 4.69) is 10.4 Å². The fourth-order valence-corrected chi connectivity index (χ4v) is 3.77. The number of hydrogen-bond donors (Lipinski definition) is 1. The third-order valence-electron chi connectivity index (χ3n) is 5.46. The first-order valence-corrected chi connectivity index (χ1v) is 11.1. The number of anilines is 1. The lowest BCUT2D eigenvalue weighted by Crippen LogP contribution is -2.31. The molecule has 0 spiro atoms. The average Bonchev–Trinajstić information content (AvgIpc) is 3.39. The van der Waals surface area contributed by atoms with Crippen molar-refractivity contribution in [3.63, 3.8) is 0 Å². The number of carbonyl (C=O) groups is 4. The van der Waals surface area contributed by atoms with Crippen molar-refractivity contribution in [2.45, 2.75) is 13.3 Å². The lowest BCUT2D eigenvalue weighted by Gasteiger charge is -2.12. The van der Waals surface area contributed by atoms with Gasteiger partial charge in [0.2, 0.25) is 0 Å². The third-order valence-corrected chi connectivity index (χ3v) is 5.46. The molecule has 0 radical (unpaired) electrons. The van der Waals surface area contributed by atoms with Crippen LogP contribution in [0.25, 0.3) is 5.69 Å². The van der Waals surface area contributed by atoms with Crippen LogP contribution in [0.2, 0.25) is 0 Å². The van der Waals surface area contributed by atoms with Crippen molar-refractivity contribution in [1.82, 2.24) is 14.7 Å². The Morgan fingerprint density at radius 1 is 1.03 bits per heavy atom. The van der Waals surface area contributed by atoms with Crippen LogP contribution in [0.1, 0.15) is 54.8 Å². The van der Waals surface area contributed by atoms with Crippen LogP contribution >= 0.6 is 0 Å². The molecule has 0 aliphatic carbocycles. The predicted molar refractivity (Wildman–Crippen MR) is 126 cm³/mol. The van der Waals surface area contributed by atoms with E-state index in [0.29, 0.717) is 18.7 Å². The molecule has 0 bridgehead atoms. The summed E-state index contributed by atoms with van der Waals surface area (Å²) < 4.78 is 11.5. The van der Waals surface area contributed by atoms with Gasteiger partial charge in [0.1, 0.15) is 5.56 Å². The zero-order valence-corrected chi connectivity index (χ0v) is 19.3. The number of fused-ring (bicyclic) bond motifs is 1. The summed E-state index contributed by atoms with van der Waals surface area (Å²) in [6, 6.07) is 13.3. The summed E-state index contributed by atoms with van der Waals surface area (Å²) >= 11 is 0. The molecular formula is C25H24N4O6. The van der Waals surface area contributed by atoms with E-state index in [0.717, 1.165) is 4.90 Å². The first kappa shape index (κ1) is 23.8. The number of nitrogens with zero attached hydrogens (tertiary/aromatic N) is 3. The van der Waals surface area contributed by atoms with E-state index in [-0.39, 0.29) is 41.2 Å². The zero-order chi connectivity index (χ0) is 24.9. The molecule has 4 rings (SSSR count). The molecule has 1 N–H and O–H groups in total. The number of methoxy groups -OCH3 is 1. The zero-order valence-electron chi connectivity index (χ0n) is 19.3. The van der Waals surface area contributed by atoms with E-state index in [4.69, 9.17) is 9.47 Å². The Bertz CT molecular complexity index is 1280. The Morgan fingerprint density at radius 3 is 2.49 bits per heavy atom. The molecule has 10 heteroatoms. The molecule has 1 aliphatic heterocycles. The van der Waals surface area contributed by atoms with E-state index in [1.165, 1.54) is 29.1 Å². The van der Waals surface area contributed by atoms with Gasteiger partial charge in [0.05, 0.1) is 29.6 Å². The largest absolute Gasteiger partial charge is 0.462 e. The number of nitrogens with one attached hydrogen (secondary N) is 1. The molecule has 0 saturated carbocycles. The molecule has 2 aromatic carbocycles. The van der Waals surface area contributed by atoms with Gasteiger partial charge in [-0.1, -0.05) is 18.2 Å². The van der Waals surface area contributed by atoms with Gasteiger partial charge in [-0.05, 0) is 43.7 Å². The van der Waals surface area contributed by atoms with Gasteiger partial charge < -0.3 is 14.8 Å². The molecule has 0 unspecified atom stereocenters. The number of amides is 3. The van der Waals surface area contributed by atoms with E-state index >= 15 is 0 Å². The van der Waals surface area contributed by atoms with Gasteiger partial charge in [-0.3, -0.25) is 19.3 Å². The Kier molecular flexibility index (Phi) is 7.02. The number of esters is 1. The van der Waals surface area contributed by atoms with Crippen molar-refractivity contribution >= 4 is 29.5 Å². The van der Waals surface area contributed by atoms with Crippen LogP contribution in [-0.4, -0.2) is 65.2 Å². The molecule has 0 saturated heterocycles. The third kappa shape index (κ3) is 4.69. The van der Waals surface area contributed by atoms with E-state index in [1.54, 1.807) is 38.3 Å². The number of carbonyl (C=O) groups excluding carboxylic acids is 4. The number of rotatable bonds is 9. The molecule has 2 heterocycles. The van der Waals surface area contributed by atoms with Gasteiger partial charge in [-0.2, -0.15) is 5.10 Å². The fourth-order valence-electron chi connectivity index (χ4n) is 3.77. The van der Waals surface area contributed by atoms with Crippen molar-refractivity contribution in [2.24, 2.45) is 0 Å². The van der Waals surface area contributed by atoms with E-state index < -0.39 is 23.7 Å². The lowest BCUT2D eigenvalue weighted by atomic mass is 10.1. The van der Waals surface area contributed by atoms with Gasteiger partial charge >= 0.3 is 5.97 Å². The first-order chi connectivity index (χ1) is 17.0. The molecule has 35 heavy (non-hydrogen) atoms. The highest BCUT2D eigenvalue weighted by atomic mass is 16.5. The monoisotopic (exact) mass is 476 g/mol. The Balaban J connectivity index is 1.63. The lowest BCUT2D eigenvalue weighted by molar-refractivity contribution is 0.0526. The minimum Gasteiger partial charge on any atom is -0.462 e. The average molecular weight is 476 g/mol. The van der Waals surface area contributed by atoms with Crippen molar-refractivity contribution in [3.8, 4) is 5.69 Å². The number of ether oxygens (including phenoxy) is 2. The number of benzene rings is 2. The molecule has 1 aliphatic rings. The topological polar surface area (TPSA) is 120 Å². The smallest absolute Gasteiger partial charge is 0.343 e. The summed E-state index contributed by atoms with van der Waals surface area (Å²) in [7, 11) is 1.55. The van der Waals surface area contributed by atoms with Crippen LogP contribution in [0.5, 0.6) is 0 Å². The molecule has 180 valence electrons. The summed E-state index contributed by atoms with van der Waals surface area (Å²) in [4.78, 5) is 52.2. The molecule has 0 atom stereocenters. The van der Waals surface area contributed by atoms with Crippen LogP contribution in [-0.2, 0) is 9.47 Å². The molecule has 0 fully saturated rings. The summed E-state index contributed by atoms with van der Waals surface area (Å²) in [6.07, 6.45) is 1.83. The summed E-state index contributed by atoms with van der Waals surface area (Å²) in [5.41, 5.74) is 1.26. The minimum atomic E-state index is -0.633. The van der Waals surface area contributed by atoms with Crippen LogP contribution in [0.15, 0.2) is 54.7 Å². The Labute approximate surface area is 201 Å². The first-order valence-electron chi connectivity index (χ1n) is 11.1. The van der Waals surface area contributed by atoms with Gasteiger partial charge in [0, 0.05) is 25.8 Å². The second-order valence-electron chi connectivity index (χ2n) is 7.70. The predicted octanol–water partition coefficient (Wildman–Crippen LogP) is 2.93. The normalized spacial score (nSPS) is 12.6. The highest BCUT2D eigenvalue weighted by Gasteiger charge is 2.35. The fraction of sp³-hybridized carbons (Fsp3) is 0.240. The van der Waals surface area contributed by atoms with Gasteiger partial charge in [-0.25, -0.2) is 9.48 Å². The molecule has 3 aromatic rings. The maximum absolute atomic E-state index is 13.2. The van der Waals surface area contributed by atoms with E-state index in [9.17, 15) is 19.2 Å². The Hall–Kier alpha value is -4.31. The molecule has 1 aromatic heterocycles. The van der Waals surface area contributed by atoms with Gasteiger partial charge in [-0.15, -0.1) is 0 Å². The second-order valence-corrected chi connectivity index (χ2v) is 7.70. The molecule has 10 nitrogen and oxygen atoms in total. The van der Waals surface area contributed by atoms with Crippen LogP contribution in [0.3, 0.4) is 0 Å². The summed E-state index contributed by atoms with van der Waals surface area (Å²) in [5.74, 6) is -1.94. The molecular weight excluding hydrogens is 452 g/mol. The van der Waals surface area contributed by atoms with Crippen LogP contribution in [0.4, 0.5) is 5.82 Å². The van der Waals surface area contributed by atoms with Crippen molar-refractivity contribution in [1.29, 1.82) is 0 Å². The number of imide groups is 1. The highest BCUT2D eigenvalue weighted by Crippen LogP contribution is 2.26. The SMILES string of the molecule is CCOC(=O)c1cnn(-c2ccccc2)c1NC(=O)c1ccc2c(c1)C(=O)N(CCCOC)C2=O. The van der Waals surface area contributed by atoms with E-state index in [1.807, 2.05) is 6.07 Å². The van der Waals surface area contributed by atoms with Crippen molar-refractivity contribution < 1.29 is 28.7 Å². The highest BCUT2D eigenvalue weighted by molar-refractivity contribution is 6.22. The standard InChI is InChI=1S/C25H24N4O6/c1-3-35-25(33)20-15-26-29(17-8-5-4-6-9-17)21(20)27-22(30)16-10-11-18-19(14-16)24(32)28(23(18)31)12-7-13-34-2/h4-6,8-11,14-15H,3,7,12-13H2,1-2H3,(H,27,30). The maximum atomic E-state index is 13.2. The maximum Gasteiger partial charge on any atom is 0.343 e. The van der Waals surface area contributed by atoms with Crippen molar-refractivity contribution in [3.05, 3.63) is 77.0 Å². The number of hydrogen-bond acceptors (Lipinski definition) is 7. The quantitative estimate of drug-likeness (QED) is 0.286. The van der Waals surface area contributed by atoms with Gasteiger partial charge in [0.25, 0.3) is 17.7 Å². The van der Waals surface area contributed by atoms with Crippen LogP contribution in [0, 0.1) is 0 Å². The second kappa shape index (κ2) is 10.3. The number of para-hydroxylation sites is 1.